The molecule has 8 nitrogen and oxygen atoms in total. The van der Waals surface area contributed by atoms with Crippen molar-refractivity contribution in [2.75, 3.05) is 0 Å². The number of rotatable bonds is 4. The summed E-state index contributed by atoms with van der Waals surface area (Å²) in [6.07, 6.45) is 0. The van der Waals surface area contributed by atoms with E-state index in [1.165, 1.54) is 12.1 Å². The molecule has 1 aromatic heterocycles. The molecule has 1 unspecified atom stereocenters. The van der Waals surface area contributed by atoms with Crippen molar-refractivity contribution in [3.63, 3.8) is 0 Å². The number of halogens is 2. The molecule has 1 N–H and O–H groups in total. The molecule has 1 atom stereocenters. The van der Waals surface area contributed by atoms with Gasteiger partial charge in [-0.15, -0.1) is 10.2 Å². The van der Waals surface area contributed by atoms with E-state index in [2.05, 4.69) is 10.2 Å². The number of carboxylic acids is 1. The summed E-state index contributed by atoms with van der Waals surface area (Å²) in [5.74, 6) is -1.53. The topological polar surface area (TPSA) is 105 Å². The molecule has 0 amide bonds. The zero-order valence-corrected chi connectivity index (χ0v) is 14.6. The predicted octanol–water partition coefficient (Wildman–Crippen LogP) is 1.18. The number of aryl methyl sites for hydroxylation is 1. The molecule has 0 fully saturated rings. The van der Waals surface area contributed by atoms with Crippen molar-refractivity contribution in [1.82, 2.24) is 19.1 Å². The van der Waals surface area contributed by atoms with E-state index < -0.39 is 33.6 Å². The first-order valence-corrected chi connectivity index (χ1v) is 9.22. The van der Waals surface area contributed by atoms with E-state index in [9.17, 15) is 22.7 Å². The van der Waals surface area contributed by atoms with Crippen LogP contribution in [-0.2, 0) is 33.7 Å². The Morgan fingerprint density at radius 2 is 2.16 bits per heavy atom. The number of hydrogen-bond acceptors (Lipinski definition) is 5. The molecule has 1 aromatic carbocycles. The molecule has 25 heavy (non-hydrogen) atoms. The Morgan fingerprint density at radius 3 is 2.80 bits per heavy atom. The molecule has 0 aliphatic carbocycles. The van der Waals surface area contributed by atoms with Crippen LogP contribution in [0.2, 0.25) is 5.02 Å². The fraction of sp³-hybridized carbons (Fsp3) is 0.357. The maximum Gasteiger partial charge on any atom is 0.323 e. The minimum atomic E-state index is -4.00. The first-order valence-electron chi connectivity index (χ1n) is 7.24. The summed E-state index contributed by atoms with van der Waals surface area (Å²) >= 11 is 5.68. The largest absolute Gasteiger partial charge is 0.480 e. The second-order valence-electron chi connectivity index (χ2n) is 5.68. The second-order valence-corrected chi connectivity index (χ2v) is 8.01. The average Bonchev–Trinajstić information content (AvgIpc) is 2.90. The Bertz CT molecular complexity index is 946. The molecule has 3 rings (SSSR count). The number of carboxylic acid groups (broad SMARTS) is 1. The number of benzene rings is 1. The highest BCUT2D eigenvalue weighted by Gasteiger charge is 2.40. The first-order chi connectivity index (χ1) is 11.7. The smallest absolute Gasteiger partial charge is 0.323 e. The first kappa shape index (κ1) is 17.8. The minimum absolute atomic E-state index is 0.0765. The Kier molecular flexibility index (Phi) is 4.52. The number of hydrogen-bond donors (Lipinski definition) is 1. The fourth-order valence-corrected chi connectivity index (χ4v) is 4.54. The van der Waals surface area contributed by atoms with Gasteiger partial charge in [0.2, 0.25) is 10.0 Å². The second kappa shape index (κ2) is 6.36. The molecule has 1 aliphatic rings. The van der Waals surface area contributed by atoms with E-state index in [1.54, 1.807) is 11.5 Å². The van der Waals surface area contributed by atoms with Crippen LogP contribution in [0, 0.1) is 12.7 Å². The lowest BCUT2D eigenvalue weighted by Crippen LogP contribution is -2.51. The zero-order chi connectivity index (χ0) is 18.4. The number of aliphatic carboxylic acids is 1. The number of fused-ring (bicyclic) bond motifs is 1. The normalized spacial score (nSPS) is 18.1. The average molecular weight is 389 g/mol. The van der Waals surface area contributed by atoms with Crippen LogP contribution in [0.15, 0.2) is 18.2 Å². The molecule has 2 aromatic rings. The van der Waals surface area contributed by atoms with Gasteiger partial charge in [0.05, 0.1) is 23.9 Å². The molecular weight excluding hydrogens is 375 g/mol. The summed E-state index contributed by atoms with van der Waals surface area (Å²) in [5.41, 5.74) is 0.263. The van der Waals surface area contributed by atoms with Gasteiger partial charge in [0.1, 0.15) is 23.5 Å². The van der Waals surface area contributed by atoms with Gasteiger partial charge in [0, 0.05) is 0 Å². The van der Waals surface area contributed by atoms with E-state index >= 15 is 0 Å². The van der Waals surface area contributed by atoms with Crippen LogP contribution in [0.4, 0.5) is 4.39 Å². The van der Waals surface area contributed by atoms with Crippen molar-refractivity contribution in [2.24, 2.45) is 0 Å². The standard InChI is InChI=1S/C14H14ClFN4O4S/c1-8-17-18-13-6-20(12(14(21)22)5-19(8)13)25(23,24)7-9-2-3-11(16)10(15)4-9/h2-4,12H,5-7H2,1H3,(H,21,22). The van der Waals surface area contributed by atoms with E-state index in [1.807, 2.05) is 0 Å². The summed E-state index contributed by atoms with van der Waals surface area (Å²) in [4.78, 5) is 11.6. The third kappa shape index (κ3) is 3.37. The third-order valence-corrected chi connectivity index (χ3v) is 6.07. The highest BCUT2D eigenvalue weighted by molar-refractivity contribution is 7.88. The number of nitrogens with zero attached hydrogens (tertiary/aromatic N) is 4. The summed E-state index contributed by atoms with van der Waals surface area (Å²) in [6.45, 7) is 1.39. The van der Waals surface area contributed by atoms with Crippen LogP contribution >= 0.6 is 11.6 Å². The quantitative estimate of drug-likeness (QED) is 0.843. The van der Waals surface area contributed by atoms with Crippen LogP contribution in [0.5, 0.6) is 0 Å². The van der Waals surface area contributed by atoms with Gasteiger partial charge in [0.25, 0.3) is 0 Å². The highest BCUT2D eigenvalue weighted by atomic mass is 35.5. The van der Waals surface area contributed by atoms with E-state index in [4.69, 9.17) is 11.6 Å². The van der Waals surface area contributed by atoms with Gasteiger partial charge in [-0.25, -0.2) is 12.8 Å². The lowest BCUT2D eigenvalue weighted by Gasteiger charge is -2.32. The van der Waals surface area contributed by atoms with E-state index in [0.29, 0.717) is 11.6 Å². The van der Waals surface area contributed by atoms with E-state index in [-0.39, 0.29) is 23.7 Å². The molecule has 0 saturated heterocycles. The third-order valence-electron chi connectivity index (χ3n) is 3.99. The predicted molar refractivity (Wildman–Crippen MR) is 85.8 cm³/mol. The maximum atomic E-state index is 13.2. The van der Waals surface area contributed by atoms with Crippen molar-refractivity contribution in [3.8, 4) is 0 Å². The Hall–Kier alpha value is -2.04. The fourth-order valence-electron chi connectivity index (χ4n) is 2.71. The summed E-state index contributed by atoms with van der Waals surface area (Å²) in [7, 11) is -4.00. The van der Waals surface area contributed by atoms with Crippen LogP contribution in [-0.4, -0.2) is 44.6 Å². The van der Waals surface area contributed by atoms with Crippen molar-refractivity contribution in [3.05, 3.63) is 46.3 Å². The number of carbonyl (C=O) groups is 1. The lowest BCUT2D eigenvalue weighted by molar-refractivity contribution is -0.142. The molecule has 0 saturated carbocycles. The zero-order valence-electron chi connectivity index (χ0n) is 13.1. The maximum absolute atomic E-state index is 13.2. The van der Waals surface area contributed by atoms with Crippen LogP contribution in [0.1, 0.15) is 17.2 Å². The Balaban J connectivity index is 1.94. The number of sulfonamides is 1. The monoisotopic (exact) mass is 388 g/mol. The highest BCUT2D eigenvalue weighted by Crippen LogP contribution is 2.25. The van der Waals surface area contributed by atoms with E-state index in [0.717, 1.165) is 10.4 Å². The summed E-state index contributed by atoms with van der Waals surface area (Å²) in [6, 6.07) is 2.30. The minimum Gasteiger partial charge on any atom is -0.480 e. The molecule has 2 heterocycles. The van der Waals surface area contributed by atoms with Gasteiger partial charge >= 0.3 is 5.97 Å². The summed E-state index contributed by atoms with van der Waals surface area (Å²) < 4.78 is 41.2. The molecule has 1 aliphatic heterocycles. The molecule has 0 radical (unpaired) electrons. The Labute approximate surface area is 147 Å². The number of aromatic nitrogens is 3. The molecule has 0 spiro atoms. The van der Waals surface area contributed by atoms with Gasteiger partial charge in [-0.1, -0.05) is 17.7 Å². The van der Waals surface area contributed by atoms with Crippen LogP contribution < -0.4 is 0 Å². The Morgan fingerprint density at radius 1 is 1.44 bits per heavy atom. The van der Waals surface area contributed by atoms with Gasteiger partial charge in [-0.3, -0.25) is 4.79 Å². The van der Waals surface area contributed by atoms with Crippen molar-refractivity contribution < 1.29 is 22.7 Å². The molecule has 134 valence electrons. The molecule has 11 heteroatoms. The van der Waals surface area contributed by atoms with Gasteiger partial charge in [0.15, 0.2) is 0 Å². The van der Waals surface area contributed by atoms with Gasteiger partial charge < -0.3 is 9.67 Å². The van der Waals surface area contributed by atoms with Crippen molar-refractivity contribution in [2.45, 2.75) is 31.8 Å². The summed E-state index contributed by atoms with van der Waals surface area (Å²) in [5, 5.41) is 17.0. The molecule has 0 bridgehead atoms. The van der Waals surface area contributed by atoms with Gasteiger partial charge in [-0.2, -0.15) is 4.31 Å². The van der Waals surface area contributed by atoms with Gasteiger partial charge in [-0.05, 0) is 24.6 Å². The van der Waals surface area contributed by atoms with Crippen molar-refractivity contribution in [1.29, 1.82) is 0 Å². The lowest BCUT2D eigenvalue weighted by atomic mass is 10.2. The SMILES string of the molecule is Cc1nnc2n1CC(C(=O)O)N(S(=O)(=O)Cc1ccc(F)c(Cl)c1)C2. The van der Waals surface area contributed by atoms with Crippen LogP contribution in [0.3, 0.4) is 0 Å². The van der Waals surface area contributed by atoms with Crippen molar-refractivity contribution >= 4 is 27.6 Å². The van der Waals surface area contributed by atoms with Crippen LogP contribution in [0.25, 0.3) is 0 Å². The molecular formula is C14H14ClFN4O4S.